The molecule has 0 aliphatic heterocycles. The van der Waals surface area contributed by atoms with Gasteiger partial charge >= 0.3 is 0 Å². The molecule has 0 aliphatic rings. The highest BCUT2D eigenvalue weighted by molar-refractivity contribution is 7.09. The molecular formula is C13H13ClN2OS. The van der Waals surface area contributed by atoms with Gasteiger partial charge < -0.3 is 4.90 Å². The monoisotopic (exact) mass is 280 g/mol. The zero-order chi connectivity index (χ0) is 13.1. The van der Waals surface area contributed by atoms with Crippen LogP contribution in [0, 0.1) is 6.92 Å². The molecule has 2 rings (SSSR count). The molecule has 0 spiro atoms. The third-order valence-corrected chi connectivity index (χ3v) is 4.03. The summed E-state index contributed by atoms with van der Waals surface area (Å²) in [6.45, 7) is 2.70. The number of aldehydes is 1. The first kappa shape index (κ1) is 13.1. The third kappa shape index (κ3) is 2.54. The van der Waals surface area contributed by atoms with E-state index in [0.29, 0.717) is 10.6 Å². The van der Waals surface area contributed by atoms with Gasteiger partial charge in [-0.15, -0.1) is 11.3 Å². The molecule has 5 heteroatoms. The Labute approximate surface area is 115 Å². The molecule has 0 fully saturated rings. The lowest BCUT2D eigenvalue weighted by atomic mass is 10.1. The van der Waals surface area contributed by atoms with Gasteiger partial charge in [-0.3, -0.25) is 4.79 Å². The van der Waals surface area contributed by atoms with Gasteiger partial charge in [-0.05, 0) is 19.1 Å². The number of hydrogen-bond acceptors (Lipinski definition) is 4. The van der Waals surface area contributed by atoms with Crippen LogP contribution in [0.2, 0.25) is 5.02 Å². The Morgan fingerprint density at radius 1 is 1.50 bits per heavy atom. The summed E-state index contributed by atoms with van der Waals surface area (Å²) in [4.78, 5) is 18.5. The number of nitrogens with zero attached hydrogens (tertiary/aromatic N) is 2. The van der Waals surface area contributed by atoms with Crippen molar-refractivity contribution in [2.45, 2.75) is 13.5 Å². The van der Waals surface area contributed by atoms with E-state index in [1.165, 1.54) is 4.88 Å². The van der Waals surface area contributed by atoms with Gasteiger partial charge in [-0.2, -0.15) is 0 Å². The van der Waals surface area contributed by atoms with Crippen molar-refractivity contribution in [2.24, 2.45) is 0 Å². The van der Waals surface area contributed by atoms with Crippen LogP contribution in [0.5, 0.6) is 0 Å². The van der Waals surface area contributed by atoms with Gasteiger partial charge in [0, 0.05) is 17.6 Å². The van der Waals surface area contributed by atoms with E-state index < -0.39 is 0 Å². The highest BCUT2D eigenvalue weighted by Gasteiger charge is 2.12. The largest absolute Gasteiger partial charge is 0.369 e. The van der Waals surface area contributed by atoms with E-state index in [1.807, 2.05) is 36.5 Å². The summed E-state index contributed by atoms with van der Waals surface area (Å²) in [5.74, 6) is 0. The lowest BCUT2D eigenvalue weighted by Crippen LogP contribution is -2.18. The van der Waals surface area contributed by atoms with Crippen LogP contribution in [-0.2, 0) is 6.54 Å². The van der Waals surface area contributed by atoms with Gasteiger partial charge in [-0.25, -0.2) is 4.98 Å². The van der Waals surface area contributed by atoms with E-state index in [0.717, 1.165) is 24.2 Å². The van der Waals surface area contributed by atoms with Crippen LogP contribution in [0.4, 0.5) is 5.69 Å². The second-order valence-electron chi connectivity index (χ2n) is 4.01. The number of aromatic nitrogens is 1. The van der Waals surface area contributed by atoms with Crippen LogP contribution < -0.4 is 4.90 Å². The Kier molecular flexibility index (Phi) is 3.99. The smallest absolute Gasteiger partial charge is 0.153 e. The lowest BCUT2D eigenvalue weighted by molar-refractivity contribution is 0.112. The highest BCUT2D eigenvalue weighted by Crippen LogP contribution is 2.27. The molecule has 0 atom stereocenters. The molecule has 0 N–H and O–H groups in total. The summed E-state index contributed by atoms with van der Waals surface area (Å²) < 4.78 is 0. The number of anilines is 1. The highest BCUT2D eigenvalue weighted by atomic mass is 35.5. The number of aryl methyl sites for hydroxylation is 1. The molecule has 0 unspecified atom stereocenters. The number of hydrogen-bond donors (Lipinski definition) is 0. The summed E-state index contributed by atoms with van der Waals surface area (Å²) in [6, 6.07) is 5.47. The molecule has 3 nitrogen and oxygen atoms in total. The van der Waals surface area contributed by atoms with Crippen molar-refractivity contribution >= 4 is 34.9 Å². The molecule has 0 radical (unpaired) electrons. The molecule has 0 aliphatic carbocycles. The van der Waals surface area contributed by atoms with Crippen molar-refractivity contribution in [2.75, 3.05) is 11.9 Å². The fraction of sp³-hybridized carbons (Fsp3) is 0.231. The quantitative estimate of drug-likeness (QED) is 0.803. The van der Waals surface area contributed by atoms with Gasteiger partial charge in [0.05, 0.1) is 28.3 Å². The lowest BCUT2D eigenvalue weighted by Gasteiger charge is -2.20. The third-order valence-electron chi connectivity index (χ3n) is 2.78. The molecule has 0 bridgehead atoms. The Hall–Kier alpha value is -1.39. The van der Waals surface area contributed by atoms with Crippen molar-refractivity contribution in [3.8, 4) is 0 Å². The summed E-state index contributed by atoms with van der Waals surface area (Å²) in [5.41, 5.74) is 4.23. The minimum Gasteiger partial charge on any atom is -0.369 e. The zero-order valence-corrected chi connectivity index (χ0v) is 11.8. The van der Waals surface area contributed by atoms with Crippen LogP contribution >= 0.6 is 22.9 Å². The van der Waals surface area contributed by atoms with Crippen molar-refractivity contribution in [1.82, 2.24) is 4.98 Å². The first-order valence-electron chi connectivity index (χ1n) is 5.47. The summed E-state index contributed by atoms with van der Waals surface area (Å²) in [6.07, 6.45) is 0.799. The second-order valence-corrected chi connectivity index (χ2v) is 5.35. The summed E-state index contributed by atoms with van der Waals surface area (Å²) >= 11 is 7.64. The van der Waals surface area contributed by atoms with Crippen LogP contribution in [0.25, 0.3) is 0 Å². The van der Waals surface area contributed by atoms with Crippen molar-refractivity contribution in [3.63, 3.8) is 0 Å². The van der Waals surface area contributed by atoms with E-state index in [1.54, 1.807) is 17.4 Å². The maximum atomic E-state index is 11.1. The van der Waals surface area contributed by atoms with Crippen LogP contribution in [0.3, 0.4) is 0 Å². The Balaban J connectivity index is 2.29. The number of carbonyl (C=O) groups is 1. The molecule has 1 aromatic heterocycles. The van der Waals surface area contributed by atoms with E-state index >= 15 is 0 Å². The molecule has 0 saturated carbocycles. The Morgan fingerprint density at radius 2 is 2.28 bits per heavy atom. The second kappa shape index (κ2) is 5.50. The fourth-order valence-electron chi connectivity index (χ4n) is 1.75. The maximum absolute atomic E-state index is 11.1. The van der Waals surface area contributed by atoms with Crippen LogP contribution in [-0.4, -0.2) is 18.3 Å². The molecular weight excluding hydrogens is 268 g/mol. The maximum Gasteiger partial charge on any atom is 0.153 e. The average molecular weight is 281 g/mol. The van der Waals surface area contributed by atoms with Crippen molar-refractivity contribution in [1.29, 1.82) is 0 Å². The van der Waals surface area contributed by atoms with E-state index in [2.05, 4.69) is 4.98 Å². The standard InChI is InChI=1S/C13H13ClN2OS/c1-9-13(18-8-15-9)6-16(2)12-5-3-4-11(14)10(12)7-17/h3-5,7-8H,6H2,1-2H3. The average Bonchev–Trinajstić information content (AvgIpc) is 2.74. The fourth-order valence-corrected chi connectivity index (χ4v) is 2.80. The minimum absolute atomic E-state index is 0.482. The number of benzene rings is 1. The number of rotatable bonds is 4. The Morgan fingerprint density at radius 3 is 2.89 bits per heavy atom. The number of carbonyl (C=O) groups excluding carboxylic acids is 1. The Bertz CT molecular complexity index is 568. The normalized spacial score (nSPS) is 10.4. The first-order valence-corrected chi connectivity index (χ1v) is 6.73. The van der Waals surface area contributed by atoms with Crippen LogP contribution in [0.15, 0.2) is 23.7 Å². The molecule has 0 amide bonds. The van der Waals surface area contributed by atoms with Gasteiger partial charge in [0.2, 0.25) is 0 Å². The first-order chi connectivity index (χ1) is 8.63. The van der Waals surface area contributed by atoms with Gasteiger partial charge in [0.1, 0.15) is 0 Å². The molecule has 2 aromatic rings. The van der Waals surface area contributed by atoms with Crippen LogP contribution in [0.1, 0.15) is 20.9 Å². The van der Waals surface area contributed by atoms with Gasteiger partial charge in [0.15, 0.2) is 6.29 Å². The number of thiazole rings is 1. The van der Waals surface area contributed by atoms with E-state index in [4.69, 9.17) is 11.6 Å². The molecule has 1 heterocycles. The molecule has 1 aromatic carbocycles. The SMILES string of the molecule is Cc1ncsc1CN(C)c1cccc(Cl)c1C=O. The van der Waals surface area contributed by atoms with E-state index in [-0.39, 0.29) is 0 Å². The summed E-state index contributed by atoms with van der Waals surface area (Å²) in [7, 11) is 1.94. The molecule has 94 valence electrons. The predicted octanol–water partition coefficient (Wildman–Crippen LogP) is 3.55. The minimum atomic E-state index is 0.482. The predicted molar refractivity (Wildman–Crippen MR) is 75.8 cm³/mol. The zero-order valence-electron chi connectivity index (χ0n) is 10.2. The van der Waals surface area contributed by atoms with Gasteiger partial charge in [-0.1, -0.05) is 17.7 Å². The van der Waals surface area contributed by atoms with E-state index in [9.17, 15) is 4.79 Å². The number of halogens is 1. The van der Waals surface area contributed by atoms with Crippen molar-refractivity contribution in [3.05, 3.63) is 44.9 Å². The topological polar surface area (TPSA) is 33.2 Å². The molecule has 0 saturated heterocycles. The van der Waals surface area contributed by atoms with Gasteiger partial charge in [0.25, 0.3) is 0 Å². The van der Waals surface area contributed by atoms with Crippen molar-refractivity contribution < 1.29 is 4.79 Å². The molecule has 18 heavy (non-hydrogen) atoms. The summed E-state index contributed by atoms with van der Waals surface area (Å²) in [5, 5.41) is 0.482.